The molecule has 1 aromatic carbocycles. The Labute approximate surface area is 133 Å². The van der Waals surface area contributed by atoms with Gasteiger partial charge in [-0.05, 0) is 43.5 Å². The molecule has 0 fully saturated rings. The lowest BCUT2D eigenvalue weighted by molar-refractivity contribution is 0.0954. The van der Waals surface area contributed by atoms with Crippen molar-refractivity contribution >= 4 is 29.3 Å². The first kappa shape index (κ1) is 16.0. The molecule has 0 bridgehead atoms. The molecule has 2 amide bonds. The van der Waals surface area contributed by atoms with Crippen LogP contribution in [0.2, 0.25) is 0 Å². The number of nitrogens with zero attached hydrogens (tertiary/aromatic N) is 1. The molecule has 22 heavy (non-hydrogen) atoms. The van der Waals surface area contributed by atoms with Crippen LogP contribution >= 0.6 is 11.8 Å². The number of anilines is 1. The Hall–Kier alpha value is -2.34. The van der Waals surface area contributed by atoms with E-state index >= 15 is 0 Å². The zero-order chi connectivity index (χ0) is 15.9. The molecule has 1 heterocycles. The maximum Gasteiger partial charge on any atom is 0.258 e. The van der Waals surface area contributed by atoms with Crippen molar-refractivity contribution in [1.82, 2.24) is 10.3 Å². The average molecular weight is 315 g/mol. The van der Waals surface area contributed by atoms with Gasteiger partial charge in [-0.15, -0.1) is 11.8 Å². The Morgan fingerprint density at radius 1 is 1.18 bits per heavy atom. The van der Waals surface area contributed by atoms with Gasteiger partial charge < -0.3 is 10.6 Å². The van der Waals surface area contributed by atoms with Crippen molar-refractivity contribution in [2.75, 3.05) is 18.1 Å². The second-order valence-corrected chi connectivity index (χ2v) is 5.25. The number of amides is 2. The van der Waals surface area contributed by atoms with E-state index in [1.807, 2.05) is 13.2 Å². The summed E-state index contributed by atoms with van der Waals surface area (Å²) >= 11 is 1.41. The highest BCUT2D eigenvalue weighted by atomic mass is 32.2. The van der Waals surface area contributed by atoms with Crippen molar-refractivity contribution in [2.24, 2.45) is 0 Å². The van der Waals surface area contributed by atoms with Gasteiger partial charge in [0.1, 0.15) is 5.03 Å². The van der Waals surface area contributed by atoms with Crippen LogP contribution in [0.15, 0.2) is 47.6 Å². The van der Waals surface area contributed by atoms with Crippen LogP contribution in [0, 0.1) is 0 Å². The molecule has 0 radical (unpaired) electrons. The van der Waals surface area contributed by atoms with E-state index in [2.05, 4.69) is 15.6 Å². The first-order valence-corrected chi connectivity index (χ1v) is 8.06. The number of thioether (sulfide) groups is 1. The molecular weight excluding hydrogens is 298 g/mol. The molecule has 0 aliphatic heterocycles. The van der Waals surface area contributed by atoms with Gasteiger partial charge >= 0.3 is 0 Å². The molecule has 1 aromatic heterocycles. The largest absolute Gasteiger partial charge is 0.352 e. The van der Waals surface area contributed by atoms with Crippen molar-refractivity contribution in [1.29, 1.82) is 0 Å². The lowest BCUT2D eigenvalue weighted by Gasteiger charge is -2.09. The highest BCUT2D eigenvalue weighted by molar-refractivity contribution is 7.98. The number of benzene rings is 1. The van der Waals surface area contributed by atoms with Crippen molar-refractivity contribution in [3.8, 4) is 0 Å². The number of hydrogen-bond donors (Lipinski definition) is 2. The first-order valence-electron chi connectivity index (χ1n) is 6.84. The third-order valence-corrected chi connectivity index (χ3v) is 3.64. The topological polar surface area (TPSA) is 71.1 Å². The normalized spacial score (nSPS) is 10.1. The van der Waals surface area contributed by atoms with Crippen LogP contribution < -0.4 is 10.6 Å². The molecule has 114 valence electrons. The summed E-state index contributed by atoms with van der Waals surface area (Å²) < 4.78 is 0. The van der Waals surface area contributed by atoms with Gasteiger partial charge in [0, 0.05) is 24.0 Å². The fourth-order valence-corrected chi connectivity index (χ4v) is 2.47. The van der Waals surface area contributed by atoms with Crippen LogP contribution in [-0.4, -0.2) is 29.6 Å². The number of aromatic nitrogens is 1. The molecule has 0 atom stereocenters. The van der Waals surface area contributed by atoms with Gasteiger partial charge in [-0.2, -0.15) is 0 Å². The standard InChI is InChI=1S/C16H17N3O2S/c1-3-17-14(20)11-6-4-7-12(10-11)19-15(21)13-8-5-9-18-16(13)22-2/h4-10H,3H2,1-2H3,(H,17,20)(H,19,21). The van der Waals surface area contributed by atoms with Crippen LogP contribution in [-0.2, 0) is 0 Å². The molecule has 6 heteroatoms. The molecule has 0 spiro atoms. The first-order chi connectivity index (χ1) is 10.7. The fourth-order valence-electron chi connectivity index (χ4n) is 1.93. The molecule has 0 saturated carbocycles. The van der Waals surface area contributed by atoms with E-state index in [0.29, 0.717) is 28.4 Å². The monoisotopic (exact) mass is 315 g/mol. The van der Waals surface area contributed by atoms with Gasteiger partial charge in [0.2, 0.25) is 0 Å². The Morgan fingerprint density at radius 3 is 2.73 bits per heavy atom. The Kier molecular flexibility index (Phi) is 5.55. The van der Waals surface area contributed by atoms with E-state index < -0.39 is 0 Å². The zero-order valence-corrected chi connectivity index (χ0v) is 13.2. The SMILES string of the molecule is CCNC(=O)c1cccc(NC(=O)c2cccnc2SC)c1. The summed E-state index contributed by atoms with van der Waals surface area (Å²) in [6.07, 6.45) is 3.52. The van der Waals surface area contributed by atoms with Gasteiger partial charge in [0.05, 0.1) is 5.56 Å². The van der Waals surface area contributed by atoms with Crippen LogP contribution in [0.25, 0.3) is 0 Å². The third kappa shape index (κ3) is 3.85. The van der Waals surface area contributed by atoms with Crippen LogP contribution in [0.5, 0.6) is 0 Å². The molecule has 0 saturated heterocycles. The van der Waals surface area contributed by atoms with E-state index in [9.17, 15) is 9.59 Å². The maximum absolute atomic E-state index is 12.3. The summed E-state index contributed by atoms with van der Waals surface area (Å²) in [4.78, 5) is 28.3. The van der Waals surface area contributed by atoms with Crippen molar-refractivity contribution in [3.63, 3.8) is 0 Å². The van der Waals surface area contributed by atoms with Crippen molar-refractivity contribution in [2.45, 2.75) is 11.9 Å². The quantitative estimate of drug-likeness (QED) is 0.832. The second-order valence-electron chi connectivity index (χ2n) is 4.45. The molecule has 0 unspecified atom stereocenters. The summed E-state index contributed by atoms with van der Waals surface area (Å²) in [5, 5.41) is 6.19. The fraction of sp³-hybridized carbons (Fsp3) is 0.188. The zero-order valence-electron chi connectivity index (χ0n) is 12.4. The summed E-state index contributed by atoms with van der Waals surface area (Å²) in [5.74, 6) is -0.407. The van der Waals surface area contributed by atoms with E-state index in [-0.39, 0.29) is 11.8 Å². The molecule has 2 aromatic rings. The van der Waals surface area contributed by atoms with E-state index in [1.54, 1.807) is 42.6 Å². The van der Waals surface area contributed by atoms with Gasteiger partial charge in [-0.25, -0.2) is 4.98 Å². The number of pyridine rings is 1. The number of nitrogens with one attached hydrogen (secondary N) is 2. The summed E-state index contributed by atoms with van der Waals surface area (Å²) in [5.41, 5.74) is 1.60. The van der Waals surface area contributed by atoms with Gasteiger partial charge in [-0.3, -0.25) is 9.59 Å². The maximum atomic E-state index is 12.3. The number of carbonyl (C=O) groups is 2. The van der Waals surface area contributed by atoms with Gasteiger partial charge in [0.15, 0.2) is 0 Å². The molecule has 2 rings (SSSR count). The summed E-state index contributed by atoms with van der Waals surface area (Å²) in [6.45, 7) is 2.41. The minimum absolute atomic E-state index is 0.162. The van der Waals surface area contributed by atoms with E-state index in [4.69, 9.17) is 0 Å². The molecule has 0 aliphatic rings. The van der Waals surface area contributed by atoms with Gasteiger partial charge in [0.25, 0.3) is 11.8 Å². The van der Waals surface area contributed by atoms with E-state index in [0.717, 1.165) is 0 Å². The smallest absolute Gasteiger partial charge is 0.258 e. The predicted octanol–water partition coefficient (Wildman–Crippen LogP) is 2.81. The molecule has 5 nitrogen and oxygen atoms in total. The third-order valence-electron chi connectivity index (χ3n) is 2.93. The lowest BCUT2D eigenvalue weighted by Crippen LogP contribution is -2.22. The minimum Gasteiger partial charge on any atom is -0.352 e. The second kappa shape index (κ2) is 7.61. The number of hydrogen-bond acceptors (Lipinski definition) is 4. The number of carbonyl (C=O) groups excluding carboxylic acids is 2. The Morgan fingerprint density at radius 2 is 2.00 bits per heavy atom. The van der Waals surface area contributed by atoms with Crippen LogP contribution in [0.3, 0.4) is 0 Å². The van der Waals surface area contributed by atoms with Crippen LogP contribution in [0.4, 0.5) is 5.69 Å². The predicted molar refractivity (Wildman–Crippen MR) is 88.4 cm³/mol. The van der Waals surface area contributed by atoms with Crippen molar-refractivity contribution in [3.05, 3.63) is 53.7 Å². The average Bonchev–Trinajstić information content (AvgIpc) is 2.55. The van der Waals surface area contributed by atoms with E-state index in [1.165, 1.54) is 11.8 Å². The highest BCUT2D eigenvalue weighted by Crippen LogP contribution is 2.19. The lowest BCUT2D eigenvalue weighted by atomic mass is 10.1. The summed E-state index contributed by atoms with van der Waals surface area (Å²) in [6, 6.07) is 10.3. The molecular formula is C16H17N3O2S. The van der Waals surface area contributed by atoms with Gasteiger partial charge in [-0.1, -0.05) is 6.07 Å². The van der Waals surface area contributed by atoms with Crippen molar-refractivity contribution < 1.29 is 9.59 Å². The Bertz CT molecular complexity index is 689. The minimum atomic E-state index is -0.245. The number of rotatable bonds is 5. The molecule has 2 N–H and O–H groups in total. The van der Waals surface area contributed by atoms with Crippen LogP contribution in [0.1, 0.15) is 27.6 Å². The molecule has 0 aliphatic carbocycles. The Balaban J connectivity index is 2.18. The summed E-state index contributed by atoms with van der Waals surface area (Å²) in [7, 11) is 0. The highest BCUT2D eigenvalue weighted by Gasteiger charge is 2.12.